The van der Waals surface area contributed by atoms with Crippen molar-refractivity contribution in [1.82, 2.24) is 4.90 Å². The second-order valence-electron chi connectivity index (χ2n) is 5.52. The number of nitrogens with zero attached hydrogens (tertiary/aromatic N) is 1. The van der Waals surface area contributed by atoms with Gasteiger partial charge in [-0.1, -0.05) is 6.07 Å². The van der Waals surface area contributed by atoms with Crippen molar-refractivity contribution in [3.05, 3.63) is 29.3 Å². The first kappa shape index (κ1) is 15.4. The van der Waals surface area contributed by atoms with E-state index in [1.807, 2.05) is 4.90 Å². The van der Waals surface area contributed by atoms with E-state index in [1.165, 1.54) is 16.0 Å². The molecule has 1 aliphatic heterocycles. The van der Waals surface area contributed by atoms with E-state index in [0.29, 0.717) is 6.42 Å². The van der Waals surface area contributed by atoms with Gasteiger partial charge in [0.25, 0.3) is 0 Å². The molecule has 1 fully saturated rings. The molecule has 1 N–H and O–H groups in total. The van der Waals surface area contributed by atoms with Gasteiger partial charge >= 0.3 is 0 Å². The van der Waals surface area contributed by atoms with E-state index in [0.717, 1.165) is 25.3 Å². The number of benzene rings is 1. The number of carbonyl (C=O) groups excluding carboxylic acids is 1. The number of aliphatic hydroxyl groups is 1. The minimum absolute atomic E-state index is 0.196. The summed E-state index contributed by atoms with van der Waals surface area (Å²) in [5.74, 6) is 1.32. The van der Waals surface area contributed by atoms with Crippen LogP contribution in [0.4, 0.5) is 0 Å². The highest BCUT2D eigenvalue weighted by Crippen LogP contribution is 2.23. The summed E-state index contributed by atoms with van der Waals surface area (Å²) in [5.41, 5.74) is 2.60. The van der Waals surface area contributed by atoms with Crippen molar-refractivity contribution in [1.29, 1.82) is 0 Å². The van der Waals surface area contributed by atoms with Crippen molar-refractivity contribution in [2.45, 2.75) is 31.6 Å². The van der Waals surface area contributed by atoms with Crippen LogP contribution in [-0.2, 0) is 4.79 Å². The van der Waals surface area contributed by atoms with Gasteiger partial charge in [-0.15, -0.1) is 11.8 Å². The zero-order chi connectivity index (χ0) is 14.5. The average molecular weight is 293 g/mol. The molecule has 0 spiro atoms. The molecule has 110 valence electrons. The highest BCUT2D eigenvalue weighted by Gasteiger charge is 2.24. The predicted octanol–water partition coefficient (Wildman–Crippen LogP) is 2.63. The maximum Gasteiger partial charge on any atom is 0.223 e. The third-order valence-corrected chi connectivity index (χ3v) is 4.96. The second kappa shape index (κ2) is 7.14. The van der Waals surface area contributed by atoms with E-state index in [4.69, 9.17) is 5.11 Å². The van der Waals surface area contributed by atoms with Gasteiger partial charge in [-0.3, -0.25) is 4.79 Å². The Balaban J connectivity index is 1.75. The lowest BCUT2D eigenvalue weighted by Gasteiger charge is -2.16. The monoisotopic (exact) mass is 293 g/mol. The summed E-state index contributed by atoms with van der Waals surface area (Å²) in [4.78, 5) is 15.2. The molecule has 0 saturated carbocycles. The molecule has 20 heavy (non-hydrogen) atoms. The molecule has 1 saturated heterocycles. The third-order valence-electron chi connectivity index (χ3n) is 3.96. The lowest BCUT2D eigenvalue weighted by molar-refractivity contribution is -0.129. The molecule has 0 radical (unpaired) electrons. The zero-order valence-electron chi connectivity index (χ0n) is 12.3. The molecule has 4 heteroatoms. The van der Waals surface area contributed by atoms with Crippen LogP contribution < -0.4 is 0 Å². The first-order valence-corrected chi connectivity index (χ1v) is 8.17. The normalized spacial score (nSPS) is 18.6. The Kier molecular flexibility index (Phi) is 5.49. The van der Waals surface area contributed by atoms with Gasteiger partial charge in [-0.05, 0) is 43.5 Å². The Hall–Kier alpha value is -1.00. The molecular weight excluding hydrogens is 270 g/mol. The van der Waals surface area contributed by atoms with Crippen LogP contribution in [0.25, 0.3) is 0 Å². The Morgan fingerprint density at radius 1 is 1.40 bits per heavy atom. The van der Waals surface area contributed by atoms with Crippen molar-refractivity contribution in [3.63, 3.8) is 0 Å². The van der Waals surface area contributed by atoms with Crippen LogP contribution >= 0.6 is 11.8 Å². The average Bonchev–Trinajstić information content (AvgIpc) is 2.91. The molecule has 1 aromatic carbocycles. The van der Waals surface area contributed by atoms with Gasteiger partial charge in [0.15, 0.2) is 0 Å². The van der Waals surface area contributed by atoms with Crippen molar-refractivity contribution >= 4 is 17.7 Å². The summed E-state index contributed by atoms with van der Waals surface area (Å²) in [7, 11) is 0. The zero-order valence-corrected chi connectivity index (χ0v) is 13.1. The summed E-state index contributed by atoms with van der Waals surface area (Å²) in [5, 5.41) is 9.10. The minimum Gasteiger partial charge on any atom is -0.396 e. The fourth-order valence-electron chi connectivity index (χ4n) is 2.43. The number of amides is 1. The number of carbonyl (C=O) groups is 1. The highest BCUT2D eigenvalue weighted by molar-refractivity contribution is 7.99. The quantitative estimate of drug-likeness (QED) is 0.848. The third kappa shape index (κ3) is 4.00. The topological polar surface area (TPSA) is 40.5 Å². The van der Waals surface area contributed by atoms with Crippen molar-refractivity contribution in [2.24, 2.45) is 5.92 Å². The van der Waals surface area contributed by atoms with Crippen LogP contribution in [0.5, 0.6) is 0 Å². The van der Waals surface area contributed by atoms with Gasteiger partial charge < -0.3 is 10.0 Å². The summed E-state index contributed by atoms with van der Waals surface area (Å²) in [6, 6.07) is 6.43. The maximum atomic E-state index is 12.0. The van der Waals surface area contributed by atoms with Gasteiger partial charge in [-0.2, -0.15) is 0 Å². The van der Waals surface area contributed by atoms with E-state index in [1.54, 1.807) is 11.8 Å². The van der Waals surface area contributed by atoms with Gasteiger partial charge in [0.05, 0.1) is 0 Å². The summed E-state index contributed by atoms with van der Waals surface area (Å²) in [6.07, 6.45) is 1.52. The van der Waals surface area contributed by atoms with Gasteiger partial charge in [0.1, 0.15) is 0 Å². The van der Waals surface area contributed by atoms with Gasteiger partial charge in [-0.25, -0.2) is 0 Å². The van der Waals surface area contributed by atoms with Gasteiger partial charge in [0.2, 0.25) is 5.91 Å². The molecule has 0 aromatic heterocycles. The van der Waals surface area contributed by atoms with Crippen LogP contribution in [0.15, 0.2) is 23.1 Å². The smallest absolute Gasteiger partial charge is 0.223 e. The largest absolute Gasteiger partial charge is 0.396 e. The highest BCUT2D eigenvalue weighted by atomic mass is 32.2. The molecular formula is C16H23NO2S. The van der Waals surface area contributed by atoms with Crippen LogP contribution in [0.2, 0.25) is 0 Å². The number of likely N-dealkylation sites (tertiary alicyclic amines) is 1. The van der Waals surface area contributed by atoms with Crippen molar-refractivity contribution < 1.29 is 9.90 Å². The Morgan fingerprint density at radius 3 is 2.85 bits per heavy atom. The molecule has 1 unspecified atom stereocenters. The molecule has 2 rings (SSSR count). The van der Waals surface area contributed by atoms with Crippen LogP contribution in [0.1, 0.15) is 24.0 Å². The maximum absolute atomic E-state index is 12.0. The standard InChI is InChI=1S/C16H23NO2S/c1-12-3-4-15(9-13(12)2)20-8-6-16(19)17-7-5-14(10-17)11-18/h3-4,9,14,18H,5-8,10-11H2,1-2H3. The lowest BCUT2D eigenvalue weighted by atomic mass is 10.1. The SMILES string of the molecule is Cc1ccc(SCCC(=O)N2CCC(CO)C2)cc1C. The van der Waals surface area contributed by atoms with Gasteiger partial charge in [0, 0.05) is 42.7 Å². The molecule has 0 aliphatic carbocycles. The first-order valence-electron chi connectivity index (χ1n) is 7.19. The molecule has 3 nitrogen and oxygen atoms in total. The number of thioether (sulfide) groups is 1. The summed E-state index contributed by atoms with van der Waals surface area (Å²) < 4.78 is 0. The fraction of sp³-hybridized carbons (Fsp3) is 0.562. The number of rotatable bonds is 5. The minimum atomic E-state index is 0.196. The van der Waals surface area contributed by atoms with E-state index < -0.39 is 0 Å². The number of hydrogen-bond acceptors (Lipinski definition) is 3. The van der Waals surface area contributed by atoms with E-state index in [-0.39, 0.29) is 18.4 Å². The molecule has 1 amide bonds. The molecule has 1 aliphatic rings. The Morgan fingerprint density at radius 2 is 2.20 bits per heavy atom. The van der Waals surface area contributed by atoms with E-state index in [9.17, 15) is 4.79 Å². The van der Waals surface area contributed by atoms with E-state index >= 15 is 0 Å². The van der Waals surface area contributed by atoms with Crippen LogP contribution in [-0.4, -0.2) is 41.4 Å². The lowest BCUT2D eigenvalue weighted by Crippen LogP contribution is -2.29. The predicted molar refractivity (Wildman–Crippen MR) is 83.0 cm³/mol. The van der Waals surface area contributed by atoms with Crippen LogP contribution in [0.3, 0.4) is 0 Å². The summed E-state index contributed by atoms with van der Waals surface area (Å²) in [6.45, 7) is 5.95. The van der Waals surface area contributed by atoms with Crippen LogP contribution in [0, 0.1) is 19.8 Å². The van der Waals surface area contributed by atoms with Crippen molar-refractivity contribution in [3.8, 4) is 0 Å². The van der Waals surface area contributed by atoms with E-state index in [2.05, 4.69) is 32.0 Å². The number of hydrogen-bond donors (Lipinski definition) is 1. The van der Waals surface area contributed by atoms with Crippen molar-refractivity contribution in [2.75, 3.05) is 25.4 Å². The molecule has 1 aromatic rings. The summed E-state index contributed by atoms with van der Waals surface area (Å²) >= 11 is 1.74. The second-order valence-corrected chi connectivity index (χ2v) is 6.69. The number of aliphatic hydroxyl groups excluding tert-OH is 1. The first-order chi connectivity index (χ1) is 9.60. The Bertz CT molecular complexity index is 476. The Labute approximate surface area is 125 Å². The number of aryl methyl sites for hydroxylation is 2. The molecule has 1 atom stereocenters. The fourth-order valence-corrected chi connectivity index (χ4v) is 3.36. The molecule has 0 bridgehead atoms. The molecule has 1 heterocycles.